The summed E-state index contributed by atoms with van der Waals surface area (Å²) in [4.78, 5) is 4.34. The van der Waals surface area contributed by atoms with Gasteiger partial charge in [-0.15, -0.1) is 0 Å². The highest BCUT2D eigenvalue weighted by Gasteiger charge is 2.03. The lowest BCUT2D eigenvalue weighted by Gasteiger charge is -2.03. The van der Waals surface area contributed by atoms with E-state index in [9.17, 15) is 0 Å². The van der Waals surface area contributed by atoms with Gasteiger partial charge < -0.3 is 0 Å². The van der Waals surface area contributed by atoms with Gasteiger partial charge in [0.1, 0.15) is 5.15 Å². The maximum Gasteiger partial charge on any atom is 0.132 e. The number of hydrogen-bond donors (Lipinski definition) is 0. The van der Waals surface area contributed by atoms with Crippen molar-refractivity contribution in [1.82, 2.24) is 4.98 Å². The minimum Gasteiger partial charge on any atom is -0.236 e. The Balaban J connectivity index is 2.59. The average molecular weight is 271 g/mol. The van der Waals surface area contributed by atoms with E-state index in [-0.39, 0.29) is 0 Å². The Kier molecular flexibility index (Phi) is 3.04. The second kappa shape index (κ2) is 4.28. The van der Waals surface area contributed by atoms with Crippen LogP contribution < -0.4 is 0 Å². The Hall–Kier alpha value is -0.600. The number of pyridine rings is 1. The van der Waals surface area contributed by atoms with Crippen LogP contribution in [0.3, 0.4) is 0 Å². The van der Waals surface area contributed by atoms with E-state index in [1.165, 1.54) is 0 Å². The first-order chi connectivity index (χ1) is 6.81. The van der Waals surface area contributed by atoms with E-state index in [1.807, 2.05) is 18.2 Å². The Morgan fingerprint density at radius 1 is 1.29 bits per heavy atom. The Labute approximate surface area is 96.2 Å². The molecule has 0 bridgehead atoms. The van der Waals surface area contributed by atoms with E-state index in [0.717, 1.165) is 28.2 Å². The highest BCUT2D eigenvalue weighted by molar-refractivity contribution is 9.09. The fraction of sp³-hybridized carbons (Fsp3) is 0.182. The summed E-state index contributed by atoms with van der Waals surface area (Å²) >= 11 is 9.45. The van der Waals surface area contributed by atoms with Crippen LogP contribution in [0.2, 0.25) is 5.15 Å². The summed E-state index contributed by atoms with van der Waals surface area (Å²) in [6.45, 7) is 0. The summed E-state index contributed by atoms with van der Waals surface area (Å²) in [5, 5.41) is 2.67. The van der Waals surface area contributed by atoms with Gasteiger partial charge in [0.25, 0.3) is 0 Å². The lowest BCUT2D eigenvalue weighted by Crippen LogP contribution is -1.91. The predicted octanol–water partition coefficient (Wildman–Crippen LogP) is 3.83. The topological polar surface area (TPSA) is 12.9 Å². The zero-order chi connectivity index (χ0) is 9.97. The van der Waals surface area contributed by atoms with Crippen molar-refractivity contribution < 1.29 is 0 Å². The molecule has 0 aliphatic heterocycles. The third-order valence-corrected chi connectivity index (χ3v) is 2.84. The first-order valence-corrected chi connectivity index (χ1v) is 5.91. The zero-order valence-corrected chi connectivity index (χ0v) is 9.85. The van der Waals surface area contributed by atoms with Gasteiger partial charge >= 0.3 is 0 Å². The molecule has 1 nitrogen and oxygen atoms in total. The van der Waals surface area contributed by atoms with Crippen molar-refractivity contribution in [3.8, 4) is 0 Å². The number of halogens is 2. The number of aryl methyl sites for hydroxylation is 1. The number of alkyl halides is 1. The monoisotopic (exact) mass is 269 g/mol. The molecule has 3 heteroatoms. The summed E-state index contributed by atoms with van der Waals surface area (Å²) in [7, 11) is 0. The number of benzene rings is 1. The minimum atomic E-state index is 0.614. The summed E-state index contributed by atoms with van der Waals surface area (Å²) in [6.07, 6.45) is 0.913. The average Bonchev–Trinajstić information content (AvgIpc) is 2.19. The van der Waals surface area contributed by atoms with Crippen LogP contribution in [-0.2, 0) is 6.42 Å². The fourth-order valence-corrected chi connectivity index (χ4v) is 2.08. The fourth-order valence-electron chi connectivity index (χ4n) is 1.41. The molecule has 1 heterocycles. The Morgan fingerprint density at radius 3 is 2.86 bits per heavy atom. The number of nitrogens with zero attached hydrogens (tertiary/aromatic N) is 1. The number of aromatic nitrogens is 1. The molecule has 1 aromatic heterocycles. The van der Waals surface area contributed by atoms with E-state index >= 15 is 0 Å². The molecule has 72 valence electrons. The normalized spacial score (nSPS) is 10.7. The lowest BCUT2D eigenvalue weighted by atomic mass is 10.1. The maximum absolute atomic E-state index is 6.05. The highest BCUT2D eigenvalue weighted by atomic mass is 79.9. The largest absolute Gasteiger partial charge is 0.236 e. The van der Waals surface area contributed by atoms with Crippen LogP contribution in [0.1, 0.15) is 5.56 Å². The smallest absolute Gasteiger partial charge is 0.132 e. The van der Waals surface area contributed by atoms with Gasteiger partial charge in [-0.1, -0.05) is 45.7 Å². The number of para-hydroxylation sites is 1. The van der Waals surface area contributed by atoms with E-state index < -0.39 is 0 Å². The first kappa shape index (κ1) is 9.94. The van der Waals surface area contributed by atoms with Crippen LogP contribution >= 0.6 is 27.5 Å². The molecule has 0 saturated carbocycles. The van der Waals surface area contributed by atoms with Crippen molar-refractivity contribution in [2.75, 3.05) is 5.33 Å². The standard InChI is InChI=1S/C11H9BrClN/c12-6-5-9-7-8-3-1-2-4-10(8)14-11(9)13/h1-4,7H,5-6H2. The maximum atomic E-state index is 6.05. The number of fused-ring (bicyclic) bond motifs is 1. The second-order valence-corrected chi connectivity index (χ2v) is 4.22. The molecule has 2 rings (SSSR count). The van der Waals surface area contributed by atoms with Crippen molar-refractivity contribution in [2.45, 2.75) is 6.42 Å². The molecule has 0 N–H and O–H groups in total. The van der Waals surface area contributed by atoms with E-state index in [1.54, 1.807) is 0 Å². The van der Waals surface area contributed by atoms with Crippen molar-refractivity contribution in [3.05, 3.63) is 41.0 Å². The summed E-state index contributed by atoms with van der Waals surface area (Å²) in [6, 6.07) is 10.1. The van der Waals surface area contributed by atoms with Crippen LogP contribution in [0.4, 0.5) is 0 Å². The molecule has 0 saturated heterocycles. The van der Waals surface area contributed by atoms with Gasteiger partial charge in [-0.05, 0) is 24.1 Å². The van der Waals surface area contributed by atoms with Crippen LogP contribution in [-0.4, -0.2) is 10.3 Å². The minimum absolute atomic E-state index is 0.614. The van der Waals surface area contributed by atoms with Crippen LogP contribution in [0.25, 0.3) is 10.9 Å². The Bertz CT molecular complexity index is 456. The van der Waals surface area contributed by atoms with Gasteiger partial charge in [0.05, 0.1) is 5.52 Å². The van der Waals surface area contributed by atoms with Crippen molar-refractivity contribution >= 4 is 38.4 Å². The molecule has 0 fully saturated rings. The molecule has 1 aromatic carbocycles. The summed E-state index contributed by atoms with van der Waals surface area (Å²) in [5.41, 5.74) is 2.05. The third-order valence-electron chi connectivity index (χ3n) is 2.11. The van der Waals surface area contributed by atoms with E-state index in [2.05, 4.69) is 33.0 Å². The molecule has 0 amide bonds. The first-order valence-electron chi connectivity index (χ1n) is 4.41. The molecular formula is C11H9BrClN. The molecule has 0 atom stereocenters. The SMILES string of the molecule is Clc1nc2ccccc2cc1CCBr. The predicted molar refractivity (Wildman–Crippen MR) is 64.3 cm³/mol. The quantitative estimate of drug-likeness (QED) is 0.597. The van der Waals surface area contributed by atoms with Crippen molar-refractivity contribution in [3.63, 3.8) is 0 Å². The highest BCUT2D eigenvalue weighted by Crippen LogP contribution is 2.21. The van der Waals surface area contributed by atoms with Gasteiger partial charge in [-0.3, -0.25) is 0 Å². The molecule has 0 aliphatic carbocycles. The Morgan fingerprint density at radius 2 is 2.07 bits per heavy atom. The van der Waals surface area contributed by atoms with Gasteiger partial charge in [-0.25, -0.2) is 4.98 Å². The van der Waals surface area contributed by atoms with Gasteiger partial charge in [-0.2, -0.15) is 0 Å². The molecule has 14 heavy (non-hydrogen) atoms. The number of rotatable bonds is 2. The van der Waals surface area contributed by atoms with Crippen molar-refractivity contribution in [1.29, 1.82) is 0 Å². The second-order valence-electron chi connectivity index (χ2n) is 3.07. The van der Waals surface area contributed by atoms with Crippen LogP contribution in [0.15, 0.2) is 30.3 Å². The van der Waals surface area contributed by atoms with Gasteiger partial charge in [0.2, 0.25) is 0 Å². The van der Waals surface area contributed by atoms with E-state index in [0.29, 0.717) is 5.15 Å². The van der Waals surface area contributed by atoms with Gasteiger partial charge in [0.15, 0.2) is 0 Å². The molecule has 0 unspecified atom stereocenters. The molecule has 2 aromatic rings. The molecule has 0 radical (unpaired) electrons. The van der Waals surface area contributed by atoms with Gasteiger partial charge in [0, 0.05) is 10.7 Å². The van der Waals surface area contributed by atoms with Crippen molar-refractivity contribution in [2.24, 2.45) is 0 Å². The van der Waals surface area contributed by atoms with Crippen LogP contribution in [0.5, 0.6) is 0 Å². The number of hydrogen-bond acceptors (Lipinski definition) is 1. The van der Waals surface area contributed by atoms with Crippen LogP contribution in [0, 0.1) is 0 Å². The molecule has 0 spiro atoms. The third kappa shape index (κ3) is 1.91. The zero-order valence-electron chi connectivity index (χ0n) is 7.50. The summed E-state index contributed by atoms with van der Waals surface area (Å²) in [5.74, 6) is 0. The molecule has 0 aliphatic rings. The summed E-state index contributed by atoms with van der Waals surface area (Å²) < 4.78 is 0. The lowest BCUT2D eigenvalue weighted by molar-refractivity contribution is 1.14. The molecular weight excluding hydrogens is 261 g/mol. The van der Waals surface area contributed by atoms with E-state index in [4.69, 9.17) is 11.6 Å².